The van der Waals surface area contributed by atoms with Crippen LogP contribution in [0.5, 0.6) is 0 Å². The van der Waals surface area contributed by atoms with Crippen LogP contribution in [0.15, 0.2) is 18.2 Å². The van der Waals surface area contributed by atoms with Gasteiger partial charge in [-0.2, -0.15) is 0 Å². The molecule has 4 heteroatoms. The molecule has 0 amide bonds. The maximum absolute atomic E-state index is 11.3. The highest BCUT2D eigenvalue weighted by molar-refractivity contribution is 5.69. The molecule has 0 bridgehead atoms. The van der Waals surface area contributed by atoms with Gasteiger partial charge in [0.05, 0.1) is 6.61 Å². The van der Waals surface area contributed by atoms with Gasteiger partial charge in [-0.3, -0.25) is 9.69 Å². The Kier molecular flexibility index (Phi) is 8.00. The van der Waals surface area contributed by atoms with Gasteiger partial charge in [-0.25, -0.2) is 0 Å². The van der Waals surface area contributed by atoms with Crippen molar-refractivity contribution in [3.05, 3.63) is 29.3 Å². The van der Waals surface area contributed by atoms with Crippen LogP contribution >= 0.6 is 0 Å². The first-order valence-electron chi connectivity index (χ1n) is 11.0. The van der Waals surface area contributed by atoms with Crippen LogP contribution in [0.3, 0.4) is 0 Å². The van der Waals surface area contributed by atoms with E-state index in [4.69, 9.17) is 4.74 Å². The molecular weight excluding hydrogens is 336 g/mol. The highest BCUT2D eigenvalue weighted by atomic mass is 16.5. The van der Waals surface area contributed by atoms with Gasteiger partial charge in [-0.05, 0) is 75.3 Å². The zero-order chi connectivity index (χ0) is 18.9. The zero-order valence-electron chi connectivity index (χ0n) is 17.0. The number of anilines is 1. The third-order valence-electron chi connectivity index (χ3n) is 5.98. The van der Waals surface area contributed by atoms with Gasteiger partial charge in [0.1, 0.15) is 0 Å². The second kappa shape index (κ2) is 10.7. The average Bonchev–Trinajstić information content (AvgIpc) is 2.93. The first-order valence-corrected chi connectivity index (χ1v) is 11.0. The summed E-state index contributed by atoms with van der Waals surface area (Å²) in [5, 5.41) is 0. The van der Waals surface area contributed by atoms with Crippen LogP contribution in [0.4, 0.5) is 5.69 Å². The third kappa shape index (κ3) is 6.24. The number of carbonyl (C=O) groups excluding carboxylic acids is 1. The third-order valence-corrected chi connectivity index (χ3v) is 5.98. The molecule has 0 spiro atoms. The lowest BCUT2D eigenvalue weighted by atomic mass is 10.0. The molecule has 27 heavy (non-hydrogen) atoms. The number of fused-ring (bicyclic) bond motifs is 1. The summed E-state index contributed by atoms with van der Waals surface area (Å²) in [5.74, 6) is -0.0492. The molecule has 0 saturated carbocycles. The Morgan fingerprint density at radius 3 is 2.52 bits per heavy atom. The van der Waals surface area contributed by atoms with Crippen LogP contribution < -0.4 is 4.90 Å². The van der Waals surface area contributed by atoms with Crippen molar-refractivity contribution in [1.29, 1.82) is 0 Å². The number of hydrogen-bond donors (Lipinski definition) is 0. The largest absolute Gasteiger partial charge is 0.466 e. The van der Waals surface area contributed by atoms with Crippen LogP contribution in [0.2, 0.25) is 0 Å². The minimum Gasteiger partial charge on any atom is -0.466 e. The molecule has 3 rings (SSSR count). The SMILES string of the molecule is CCOC(=O)CCCCCN1CCN(c2ccc3c(c2)CCCCC3)CC1. The number of unbranched alkanes of at least 4 members (excludes halogenated alkanes) is 2. The predicted molar refractivity (Wildman–Crippen MR) is 111 cm³/mol. The first-order chi connectivity index (χ1) is 13.3. The van der Waals surface area contributed by atoms with Crippen LogP contribution in [0, 0.1) is 0 Å². The number of nitrogens with zero attached hydrogens (tertiary/aromatic N) is 2. The van der Waals surface area contributed by atoms with Crippen molar-refractivity contribution in [2.24, 2.45) is 0 Å². The minimum atomic E-state index is -0.0492. The Morgan fingerprint density at radius 1 is 0.963 bits per heavy atom. The molecule has 1 heterocycles. The highest BCUT2D eigenvalue weighted by Crippen LogP contribution is 2.26. The topological polar surface area (TPSA) is 32.8 Å². The average molecular weight is 373 g/mol. The summed E-state index contributed by atoms with van der Waals surface area (Å²) in [6.07, 6.45) is 10.4. The Morgan fingerprint density at radius 2 is 1.74 bits per heavy atom. The standard InChI is InChI=1S/C23H36N2O2/c1-2-27-23(26)11-7-4-8-14-24-15-17-25(18-16-24)22-13-12-20-9-5-3-6-10-21(20)19-22/h12-13,19H,2-11,14-18H2,1H3. The number of carbonyl (C=O) groups is 1. The van der Waals surface area contributed by atoms with Crippen molar-refractivity contribution < 1.29 is 9.53 Å². The molecule has 2 aliphatic rings. The van der Waals surface area contributed by atoms with Crippen LogP contribution in [-0.2, 0) is 22.4 Å². The van der Waals surface area contributed by atoms with Crippen molar-refractivity contribution in [2.75, 3.05) is 44.2 Å². The second-order valence-electron chi connectivity index (χ2n) is 7.96. The Bertz CT molecular complexity index is 594. The quantitative estimate of drug-likeness (QED) is 0.389. The van der Waals surface area contributed by atoms with Crippen LogP contribution in [-0.4, -0.2) is 50.2 Å². The number of piperazine rings is 1. The second-order valence-corrected chi connectivity index (χ2v) is 7.96. The lowest BCUT2D eigenvalue weighted by Crippen LogP contribution is -2.46. The maximum Gasteiger partial charge on any atom is 0.305 e. The van der Waals surface area contributed by atoms with E-state index in [1.165, 1.54) is 44.2 Å². The number of esters is 1. The van der Waals surface area contributed by atoms with E-state index in [0.29, 0.717) is 13.0 Å². The number of hydrogen-bond acceptors (Lipinski definition) is 4. The zero-order valence-corrected chi connectivity index (χ0v) is 17.0. The summed E-state index contributed by atoms with van der Waals surface area (Å²) in [7, 11) is 0. The molecule has 1 aliphatic carbocycles. The highest BCUT2D eigenvalue weighted by Gasteiger charge is 2.18. The molecule has 4 nitrogen and oxygen atoms in total. The van der Waals surface area contributed by atoms with Crippen molar-refractivity contribution in [2.45, 2.75) is 64.7 Å². The summed E-state index contributed by atoms with van der Waals surface area (Å²) < 4.78 is 4.98. The lowest BCUT2D eigenvalue weighted by Gasteiger charge is -2.36. The van der Waals surface area contributed by atoms with Gasteiger partial charge < -0.3 is 9.64 Å². The number of benzene rings is 1. The molecule has 1 aliphatic heterocycles. The fourth-order valence-electron chi connectivity index (χ4n) is 4.34. The van der Waals surface area contributed by atoms with E-state index in [1.54, 1.807) is 11.1 Å². The molecule has 0 atom stereocenters. The van der Waals surface area contributed by atoms with Crippen molar-refractivity contribution in [3.63, 3.8) is 0 Å². The Labute approximate surface area is 164 Å². The van der Waals surface area contributed by atoms with Gasteiger partial charge in [-0.1, -0.05) is 18.9 Å². The van der Waals surface area contributed by atoms with E-state index in [2.05, 4.69) is 28.0 Å². The van der Waals surface area contributed by atoms with Gasteiger partial charge in [0.15, 0.2) is 0 Å². The lowest BCUT2D eigenvalue weighted by molar-refractivity contribution is -0.143. The first kappa shape index (κ1) is 20.2. The van der Waals surface area contributed by atoms with E-state index >= 15 is 0 Å². The Balaban J connectivity index is 1.36. The fraction of sp³-hybridized carbons (Fsp3) is 0.696. The number of ether oxygens (including phenoxy) is 1. The fourth-order valence-corrected chi connectivity index (χ4v) is 4.34. The molecule has 1 aromatic carbocycles. The summed E-state index contributed by atoms with van der Waals surface area (Å²) >= 11 is 0. The smallest absolute Gasteiger partial charge is 0.305 e. The minimum absolute atomic E-state index is 0.0492. The summed E-state index contributed by atoms with van der Waals surface area (Å²) in [6, 6.07) is 7.19. The van der Waals surface area contributed by atoms with E-state index in [0.717, 1.165) is 45.6 Å². The normalized spacial score (nSPS) is 18.0. The van der Waals surface area contributed by atoms with E-state index in [9.17, 15) is 4.79 Å². The number of aryl methyl sites for hydroxylation is 2. The number of rotatable bonds is 8. The van der Waals surface area contributed by atoms with Crippen LogP contribution in [0.25, 0.3) is 0 Å². The monoisotopic (exact) mass is 372 g/mol. The predicted octanol–water partition coefficient (Wildman–Crippen LogP) is 4.20. The molecule has 1 aromatic rings. The van der Waals surface area contributed by atoms with Gasteiger partial charge >= 0.3 is 5.97 Å². The van der Waals surface area contributed by atoms with Crippen molar-refractivity contribution in [3.8, 4) is 0 Å². The van der Waals surface area contributed by atoms with E-state index in [1.807, 2.05) is 6.92 Å². The molecule has 1 saturated heterocycles. The summed E-state index contributed by atoms with van der Waals surface area (Å²) in [6.45, 7) is 8.06. The Hall–Kier alpha value is -1.55. The van der Waals surface area contributed by atoms with Crippen molar-refractivity contribution in [1.82, 2.24) is 4.90 Å². The van der Waals surface area contributed by atoms with Gasteiger partial charge in [0.2, 0.25) is 0 Å². The summed E-state index contributed by atoms with van der Waals surface area (Å²) in [5.41, 5.74) is 4.59. The van der Waals surface area contributed by atoms with Gasteiger partial charge in [0, 0.05) is 38.3 Å². The molecule has 0 N–H and O–H groups in total. The molecule has 0 unspecified atom stereocenters. The molecule has 150 valence electrons. The van der Waals surface area contributed by atoms with E-state index in [-0.39, 0.29) is 5.97 Å². The van der Waals surface area contributed by atoms with Gasteiger partial charge in [0.25, 0.3) is 0 Å². The van der Waals surface area contributed by atoms with Gasteiger partial charge in [-0.15, -0.1) is 0 Å². The van der Waals surface area contributed by atoms with Crippen LogP contribution in [0.1, 0.15) is 63.0 Å². The molecular formula is C23H36N2O2. The molecule has 0 radical (unpaired) electrons. The van der Waals surface area contributed by atoms with E-state index < -0.39 is 0 Å². The molecule has 1 fully saturated rings. The summed E-state index contributed by atoms with van der Waals surface area (Å²) in [4.78, 5) is 16.5. The van der Waals surface area contributed by atoms with Crippen molar-refractivity contribution >= 4 is 11.7 Å². The maximum atomic E-state index is 11.3. The molecule has 0 aromatic heterocycles.